The predicted molar refractivity (Wildman–Crippen MR) is 43.0 cm³/mol. The van der Waals surface area contributed by atoms with Gasteiger partial charge in [-0.25, -0.2) is 0 Å². The van der Waals surface area contributed by atoms with E-state index < -0.39 is 0 Å². The van der Waals surface area contributed by atoms with Gasteiger partial charge in [0.15, 0.2) is 6.29 Å². The zero-order valence-electron chi connectivity index (χ0n) is 4.18. The molecule has 48 valence electrons. The minimum atomic E-state index is -0.179. The van der Waals surface area contributed by atoms with Crippen LogP contribution in [0.2, 0.25) is 0 Å². The number of nitrogens with one attached hydrogen (secondary N) is 1. The molecule has 1 heterocycles. The van der Waals surface area contributed by atoms with Gasteiger partial charge in [0, 0.05) is 0 Å². The van der Waals surface area contributed by atoms with Crippen LogP contribution >= 0.6 is 33.9 Å². The monoisotopic (exact) mass is 255 g/mol. The van der Waals surface area contributed by atoms with E-state index >= 15 is 0 Å². The lowest BCUT2D eigenvalue weighted by molar-refractivity contribution is 0.112. The normalized spacial score (nSPS) is 9.44. The lowest BCUT2D eigenvalue weighted by Crippen LogP contribution is -1.90. The lowest BCUT2D eigenvalue weighted by atomic mass is 10.6. The molecule has 1 rings (SSSR count). The Kier molecular flexibility index (Phi) is 2.01. The number of halogens is 1. The molecule has 0 amide bonds. The topological polar surface area (TPSA) is 49.9 Å². The smallest absolute Gasteiger partial charge is 0.305 e. The minimum Gasteiger partial charge on any atom is -0.307 e. The van der Waals surface area contributed by atoms with Crippen molar-refractivity contribution in [2.24, 2.45) is 0 Å². The molecule has 9 heavy (non-hydrogen) atoms. The second kappa shape index (κ2) is 2.61. The molecule has 3 nitrogen and oxygen atoms in total. The van der Waals surface area contributed by atoms with E-state index in [9.17, 15) is 9.59 Å². The molecular formula is C4H2INO2S. The first kappa shape index (κ1) is 6.94. The summed E-state index contributed by atoms with van der Waals surface area (Å²) in [7, 11) is 0. The molecule has 0 spiro atoms. The van der Waals surface area contributed by atoms with Crippen molar-refractivity contribution in [3.63, 3.8) is 0 Å². The van der Waals surface area contributed by atoms with Gasteiger partial charge in [0.25, 0.3) is 0 Å². The maximum atomic E-state index is 10.5. The maximum absolute atomic E-state index is 10.5. The lowest BCUT2D eigenvalue weighted by Gasteiger charge is -1.75. The molecule has 0 fully saturated rings. The van der Waals surface area contributed by atoms with Gasteiger partial charge in [0.1, 0.15) is 8.58 Å². The fourth-order valence-corrected chi connectivity index (χ4v) is 1.82. The molecule has 0 saturated heterocycles. The van der Waals surface area contributed by atoms with Crippen LogP contribution in [0.5, 0.6) is 0 Å². The molecule has 1 N–H and O–H groups in total. The van der Waals surface area contributed by atoms with Crippen molar-refractivity contribution in [3.8, 4) is 0 Å². The average Bonchev–Trinajstić information content (AvgIpc) is 2.10. The Hall–Kier alpha value is -0.170. The average molecular weight is 255 g/mol. The van der Waals surface area contributed by atoms with Crippen molar-refractivity contribution in [3.05, 3.63) is 18.2 Å². The van der Waals surface area contributed by atoms with Crippen LogP contribution in [0.4, 0.5) is 0 Å². The van der Waals surface area contributed by atoms with E-state index in [0.717, 1.165) is 11.3 Å². The molecule has 1 aromatic rings. The third kappa shape index (κ3) is 1.39. The SMILES string of the molecule is O=Cc1sc(=O)[nH]c1I. The number of carbonyl (C=O) groups is 1. The highest BCUT2D eigenvalue weighted by Gasteiger charge is 2.00. The molecule has 1 aromatic heterocycles. The van der Waals surface area contributed by atoms with Gasteiger partial charge in [-0.15, -0.1) is 0 Å². The number of aromatic nitrogens is 1. The van der Waals surface area contributed by atoms with Gasteiger partial charge in [0.2, 0.25) is 0 Å². The first-order valence-corrected chi connectivity index (χ1v) is 3.97. The van der Waals surface area contributed by atoms with Gasteiger partial charge in [-0.2, -0.15) is 0 Å². The van der Waals surface area contributed by atoms with E-state index in [0.29, 0.717) is 14.9 Å². The molecule has 0 radical (unpaired) electrons. The highest BCUT2D eigenvalue weighted by Crippen LogP contribution is 2.07. The molecular weight excluding hydrogens is 253 g/mol. The number of hydrogen-bond donors (Lipinski definition) is 1. The maximum Gasteiger partial charge on any atom is 0.305 e. The zero-order chi connectivity index (χ0) is 6.85. The number of H-pyrrole nitrogens is 1. The number of carbonyl (C=O) groups excluding carboxylic acids is 1. The number of rotatable bonds is 1. The van der Waals surface area contributed by atoms with Gasteiger partial charge >= 0.3 is 4.87 Å². The van der Waals surface area contributed by atoms with E-state index in [1.54, 1.807) is 0 Å². The van der Waals surface area contributed by atoms with Gasteiger partial charge in [-0.3, -0.25) is 9.59 Å². The van der Waals surface area contributed by atoms with Crippen LogP contribution < -0.4 is 4.87 Å². The Balaban J connectivity index is 3.31. The van der Waals surface area contributed by atoms with Crippen LogP contribution in [0.3, 0.4) is 0 Å². The van der Waals surface area contributed by atoms with Crippen molar-refractivity contribution in [2.75, 3.05) is 0 Å². The van der Waals surface area contributed by atoms with Crippen LogP contribution in [0.25, 0.3) is 0 Å². The van der Waals surface area contributed by atoms with Gasteiger partial charge in [0.05, 0.1) is 0 Å². The summed E-state index contributed by atoms with van der Waals surface area (Å²) in [5, 5.41) is 0. The second-order valence-corrected chi connectivity index (χ2v) is 3.40. The van der Waals surface area contributed by atoms with Crippen LogP contribution in [0.1, 0.15) is 9.67 Å². The number of thiazole rings is 1. The van der Waals surface area contributed by atoms with Crippen molar-refractivity contribution < 1.29 is 4.79 Å². The summed E-state index contributed by atoms with van der Waals surface area (Å²) in [6.45, 7) is 0. The summed E-state index contributed by atoms with van der Waals surface area (Å²) in [5.74, 6) is 0. The largest absolute Gasteiger partial charge is 0.307 e. The first-order chi connectivity index (χ1) is 4.24. The fourth-order valence-electron chi connectivity index (χ4n) is 0.397. The molecule has 0 atom stereocenters. The summed E-state index contributed by atoms with van der Waals surface area (Å²) < 4.78 is 0.623. The number of hydrogen-bond acceptors (Lipinski definition) is 3. The van der Waals surface area contributed by atoms with E-state index in [-0.39, 0.29) is 4.87 Å². The zero-order valence-corrected chi connectivity index (χ0v) is 7.15. The number of aldehydes is 1. The summed E-state index contributed by atoms with van der Waals surface area (Å²) in [6, 6.07) is 0. The second-order valence-electron chi connectivity index (χ2n) is 1.31. The third-order valence-corrected chi connectivity index (χ3v) is 2.76. The summed E-state index contributed by atoms with van der Waals surface area (Å²) in [6.07, 6.45) is 0.671. The minimum absolute atomic E-state index is 0.179. The van der Waals surface area contributed by atoms with E-state index in [1.807, 2.05) is 22.6 Å². The Morgan fingerprint density at radius 2 is 2.33 bits per heavy atom. The molecule has 0 aliphatic heterocycles. The highest BCUT2D eigenvalue weighted by molar-refractivity contribution is 14.1. The fraction of sp³-hybridized carbons (Fsp3) is 0. The van der Waals surface area contributed by atoms with Crippen LogP contribution in [-0.2, 0) is 0 Å². The highest BCUT2D eigenvalue weighted by atomic mass is 127. The molecule has 0 saturated carbocycles. The molecule has 5 heteroatoms. The van der Waals surface area contributed by atoms with Crippen molar-refractivity contribution in [2.45, 2.75) is 0 Å². The molecule has 0 unspecified atom stereocenters. The quantitative estimate of drug-likeness (QED) is 0.597. The summed E-state index contributed by atoms with van der Waals surface area (Å²) in [4.78, 5) is 23.3. The standard InChI is InChI=1S/C4H2INO2S/c5-3-2(1-7)9-4(8)6-3/h1H,(H,6,8). The van der Waals surface area contributed by atoms with Crippen LogP contribution in [-0.4, -0.2) is 11.3 Å². The van der Waals surface area contributed by atoms with Crippen molar-refractivity contribution in [1.29, 1.82) is 0 Å². The Morgan fingerprint density at radius 1 is 1.67 bits per heavy atom. The Labute approximate surface area is 68.2 Å². The van der Waals surface area contributed by atoms with Gasteiger partial charge < -0.3 is 4.98 Å². The van der Waals surface area contributed by atoms with E-state index in [1.165, 1.54) is 0 Å². The Bertz CT molecular complexity index is 276. The molecule has 0 aliphatic rings. The van der Waals surface area contributed by atoms with Gasteiger partial charge in [-0.05, 0) is 22.6 Å². The van der Waals surface area contributed by atoms with Crippen LogP contribution in [0.15, 0.2) is 4.79 Å². The van der Waals surface area contributed by atoms with Crippen molar-refractivity contribution in [1.82, 2.24) is 4.98 Å². The molecule has 0 aliphatic carbocycles. The van der Waals surface area contributed by atoms with Crippen molar-refractivity contribution >= 4 is 40.2 Å². The van der Waals surface area contributed by atoms with E-state index in [2.05, 4.69) is 4.98 Å². The first-order valence-electron chi connectivity index (χ1n) is 2.08. The summed E-state index contributed by atoms with van der Waals surface area (Å²) in [5.41, 5.74) is 0. The van der Waals surface area contributed by atoms with Gasteiger partial charge in [-0.1, -0.05) is 11.3 Å². The molecule has 0 bridgehead atoms. The molecule has 0 aromatic carbocycles. The third-order valence-electron chi connectivity index (χ3n) is 0.738. The predicted octanol–water partition coefficient (Wildman–Crippen LogP) is 0.854. The van der Waals surface area contributed by atoms with E-state index in [4.69, 9.17) is 0 Å². The van der Waals surface area contributed by atoms with Crippen LogP contribution in [0, 0.1) is 3.70 Å². The number of aromatic amines is 1. The summed E-state index contributed by atoms with van der Waals surface area (Å²) >= 11 is 2.83. The Morgan fingerprint density at radius 3 is 2.56 bits per heavy atom.